The molecule has 15 nitrogen and oxygen atoms in total. The van der Waals surface area contributed by atoms with Crippen molar-refractivity contribution >= 4 is 96.0 Å². The van der Waals surface area contributed by atoms with Crippen LogP contribution in [0.2, 0.25) is 0 Å². The molecule has 0 bridgehead atoms. The van der Waals surface area contributed by atoms with Crippen molar-refractivity contribution in [2.75, 3.05) is 26.2 Å². The second-order valence-corrected chi connectivity index (χ2v) is 23.4. The Labute approximate surface area is 477 Å². The van der Waals surface area contributed by atoms with Gasteiger partial charge in [-0.15, -0.1) is 0 Å². The summed E-state index contributed by atoms with van der Waals surface area (Å²) < 4.78 is 13.5. The molecule has 3 aliphatic carbocycles. The molecular formula is C58H84Br3N7O8. The van der Waals surface area contributed by atoms with Gasteiger partial charge in [0.05, 0.1) is 0 Å². The Bertz CT molecular complexity index is 2500. The van der Waals surface area contributed by atoms with Crippen LogP contribution in [-0.2, 0) is 43.1 Å². The SMILES string of the molecule is C.CCCC[C@@H](CN)NC(=O)OC(C)(C)C.CCCC[C@@H](CNC(=O)C1=Cc2cc(Br)ccc2C1)NC(=O)OC(C)(C)C.NCCC[C@H](N)CNC(=O)C1=Cc2cc(Br)ccc2C1.O=C(O)C1=Cc2cc(Br)ccc2C1. The van der Waals surface area contributed by atoms with Crippen LogP contribution in [-0.4, -0.2) is 90.6 Å². The number of rotatable bonds is 19. The summed E-state index contributed by atoms with van der Waals surface area (Å²) in [7, 11) is 0. The van der Waals surface area contributed by atoms with E-state index < -0.39 is 23.3 Å². The number of carbonyl (C=O) groups is 5. The van der Waals surface area contributed by atoms with Gasteiger partial charge in [-0.25, -0.2) is 14.4 Å². The molecule has 0 unspecified atom stereocenters. The number of fused-ring (bicyclic) bond motifs is 3. The lowest BCUT2D eigenvalue weighted by atomic mass is 10.1. The normalized spacial score (nSPS) is 13.9. The van der Waals surface area contributed by atoms with Crippen LogP contribution < -0.4 is 38.5 Å². The van der Waals surface area contributed by atoms with Gasteiger partial charge in [0.2, 0.25) is 11.8 Å². The van der Waals surface area contributed by atoms with Crippen molar-refractivity contribution < 1.29 is 38.6 Å². The molecule has 3 aromatic rings. The lowest BCUT2D eigenvalue weighted by Gasteiger charge is -2.24. The third-order valence-electron chi connectivity index (χ3n) is 11.7. The van der Waals surface area contributed by atoms with Gasteiger partial charge in [0, 0.05) is 87.2 Å². The van der Waals surface area contributed by atoms with Crippen LogP contribution in [0.4, 0.5) is 9.59 Å². The number of hydrogen-bond donors (Lipinski definition) is 8. The predicted molar refractivity (Wildman–Crippen MR) is 319 cm³/mol. The van der Waals surface area contributed by atoms with Crippen molar-refractivity contribution in [1.82, 2.24) is 21.3 Å². The molecule has 0 aromatic heterocycles. The lowest BCUT2D eigenvalue weighted by Crippen LogP contribution is -2.45. The zero-order valence-electron chi connectivity index (χ0n) is 44.9. The molecule has 0 fully saturated rings. The fourth-order valence-electron chi connectivity index (χ4n) is 7.82. The largest absolute Gasteiger partial charge is 0.478 e. The summed E-state index contributed by atoms with van der Waals surface area (Å²) in [6, 6.07) is 17.8. The zero-order valence-corrected chi connectivity index (χ0v) is 49.7. The van der Waals surface area contributed by atoms with Gasteiger partial charge in [0.25, 0.3) is 0 Å². The smallest absolute Gasteiger partial charge is 0.407 e. The molecule has 3 aromatic carbocycles. The number of unbranched alkanes of at least 4 members (excludes halogenated alkanes) is 2. The molecule has 6 rings (SSSR count). The van der Waals surface area contributed by atoms with Crippen molar-refractivity contribution in [2.45, 2.75) is 163 Å². The molecule has 3 atom stereocenters. The van der Waals surface area contributed by atoms with Crippen molar-refractivity contribution in [2.24, 2.45) is 17.2 Å². The fourth-order valence-corrected chi connectivity index (χ4v) is 8.95. The van der Waals surface area contributed by atoms with Gasteiger partial charge in [-0.3, -0.25) is 9.59 Å². The second kappa shape index (κ2) is 33.4. The molecule has 0 radical (unpaired) electrons. The Morgan fingerprint density at radius 3 is 1.36 bits per heavy atom. The van der Waals surface area contributed by atoms with E-state index in [1.807, 2.05) is 108 Å². The predicted octanol–water partition coefficient (Wildman–Crippen LogP) is 11.3. The van der Waals surface area contributed by atoms with Crippen molar-refractivity contribution in [1.29, 1.82) is 0 Å². The van der Waals surface area contributed by atoms with Gasteiger partial charge >= 0.3 is 18.2 Å². The van der Waals surface area contributed by atoms with E-state index in [0.29, 0.717) is 51.0 Å². The minimum atomic E-state index is -0.827. The van der Waals surface area contributed by atoms with Crippen molar-refractivity contribution in [3.63, 3.8) is 0 Å². The molecule has 420 valence electrons. The summed E-state index contributed by atoms with van der Waals surface area (Å²) in [4.78, 5) is 58.8. The van der Waals surface area contributed by atoms with Gasteiger partial charge in [-0.2, -0.15) is 0 Å². The average Bonchev–Trinajstić information content (AvgIpc) is 4.08. The topological polar surface area (TPSA) is 250 Å². The minimum absolute atomic E-state index is 0. The number of carbonyl (C=O) groups excluding carboxylic acids is 4. The number of nitrogens with one attached hydrogen (secondary N) is 4. The number of carboxylic acids is 1. The molecule has 76 heavy (non-hydrogen) atoms. The summed E-state index contributed by atoms with van der Waals surface area (Å²) in [5, 5.41) is 20.3. The molecule has 11 N–H and O–H groups in total. The maximum atomic E-state index is 12.6. The van der Waals surface area contributed by atoms with Crippen molar-refractivity contribution in [3.8, 4) is 0 Å². The molecule has 0 aliphatic heterocycles. The summed E-state index contributed by atoms with van der Waals surface area (Å²) in [6.07, 6.45) is 14.2. The minimum Gasteiger partial charge on any atom is -0.478 e. The maximum absolute atomic E-state index is 12.6. The summed E-state index contributed by atoms with van der Waals surface area (Å²) in [5.41, 5.74) is 24.5. The first-order valence-corrected chi connectivity index (χ1v) is 28.1. The number of halogens is 3. The molecule has 0 spiro atoms. The van der Waals surface area contributed by atoms with Crippen LogP contribution in [0.1, 0.15) is 148 Å². The number of aliphatic carboxylic acids is 1. The van der Waals surface area contributed by atoms with E-state index >= 15 is 0 Å². The molecule has 0 heterocycles. The number of benzene rings is 3. The summed E-state index contributed by atoms with van der Waals surface area (Å²) in [6.45, 7) is 17.2. The summed E-state index contributed by atoms with van der Waals surface area (Å²) >= 11 is 10.2. The highest BCUT2D eigenvalue weighted by molar-refractivity contribution is 9.11. The first kappa shape index (κ1) is 67.3. The van der Waals surface area contributed by atoms with E-state index in [1.54, 1.807) is 6.08 Å². The fraction of sp³-hybridized carbons (Fsp3) is 0.500. The van der Waals surface area contributed by atoms with E-state index in [0.717, 1.165) is 104 Å². The first-order chi connectivity index (χ1) is 35.3. The number of alkyl carbamates (subject to hydrolysis) is 2. The third kappa shape index (κ3) is 25.5. The molecule has 3 aliphatic rings. The van der Waals surface area contributed by atoms with Gasteiger partial charge in [-0.1, -0.05) is 113 Å². The van der Waals surface area contributed by atoms with Crippen LogP contribution in [0.3, 0.4) is 0 Å². The average molecular weight is 1250 g/mol. The summed E-state index contributed by atoms with van der Waals surface area (Å²) in [5.74, 6) is -0.942. The van der Waals surface area contributed by atoms with Crippen LogP contribution >= 0.6 is 47.8 Å². The van der Waals surface area contributed by atoms with Gasteiger partial charge in [0.15, 0.2) is 0 Å². The molecule has 0 saturated carbocycles. The Hall–Kier alpha value is -4.85. The Morgan fingerprint density at radius 2 is 0.974 bits per heavy atom. The Balaban J connectivity index is 0.000000359. The van der Waals surface area contributed by atoms with Crippen molar-refractivity contribution in [3.05, 3.63) is 118 Å². The highest BCUT2D eigenvalue weighted by atomic mass is 79.9. The van der Waals surface area contributed by atoms with Gasteiger partial charge in [0.1, 0.15) is 11.2 Å². The molecular weight excluding hydrogens is 1160 g/mol. The number of amides is 4. The Kier molecular flexibility index (Phi) is 29.6. The molecule has 4 amide bonds. The van der Waals surface area contributed by atoms with Gasteiger partial charge in [-0.05, 0) is 162 Å². The number of carboxylic acid groups (broad SMARTS) is 1. The van der Waals surface area contributed by atoms with Crippen LogP contribution in [0, 0.1) is 0 Å². The van der Waals surface area contributed by atoms with Crippen LogP contribution in [0.15, 0.2) is 84.7 Å². The lowest BCUT2D eigenvalue weighted by molar-refractivity contribution is -0.132. The van der Waals surface area contributed by atoms with Crippen LogP contribution in [0.25, 0.3) is 18.2 Å². The van der Waals surface area contributed by atoms with Crippen LogP contribution in [0.5, 0.6) is 0 Å². The van der Waals surface area contributed by atoms with E-state index in [1.165, 1.54) is 5.56 Å². The highest BCUT2D eigenvalue weighted by Crippen LogP contribution is 2.30. The molecule has 18 heteroatoms. The number of ether oxygens (including phenoxy) is 2. The standard InChI is InChI=1S/C21H29BrN2O3.C15H20BrN3O.C11H24N2O2.C10H7BrO2.CH4/c1-5-6-7-18(24-20(26)27-21(2,3)4)13-23-19(25)16-10-14-8-9-17(22)12-15(14)11-16;16-13-4-3-10-6-12(7-11(10)8-13)15(20)19-9-14(18)2-1-5-17;1-5-6-7-9(8-12)13-10(14)15-11(2,3)4;11-9-2-1-6-3-8(10(12)13)4-7(6)5-9;/h8-9,11-12,18H,5-7,10,13H2,1-4H3,(H,23,25)(H,24,26);3-4,7-8,14H,1-2,5-6,9,17-18H2,(H,19,20);9H,5-8,12H2,1-4H3,(H,13,14);1-2,4-5H,3H2,(H,12,13);1H4/t18-;14-;9-;;/m000../s1. The van der Waals surface area contributed by atoms with E-state index in [-0.39, 0.29) is 43.5 Å². The molecule has 0 saturated heterocycles. The third-order valence-corrected chi connectivity index (χ3v) is 13.1. The number of hydrogen-bond acceptors (Lipinski definition) is 10. The zero-order chi connectivity index (χ0) is 55.9. The van der Waals surface area contributed by atoms with E-state index in [2.05, 4.69) is 82.9 Å². The number of nitrogens with two attached hydrogens (primary N) is 3. The monoisotopic (exact) mass is 1240 g/mol. The highest BCUT2D eigenvalue weighted by Gasteiger charge is 2.24. The van der Waals surface area contributed by atoms with Gasteiger partial charge < -0.3 is 53.0 Å². The first-order valence-electron chi connectivity index (χ1n) is 25.7. The Morgan fingerprint density at radius 1 is 0.592 bits per heavy atom. The van der Waals surface area contributed by atoms with E-state index in [4.69, 9.17) is 31.8 Å². The second-order valence-electron chi connectivity index (χ2n) is 20.7. The maximum Gasteiger partial charge on any atom is 0.407 e. The quantitative estimate of drug-likeness (QED) is 0.0560. The van der Waals surface area contributed by atoms with E-state index in [9.17, 15) is 24.0 Å².